The van der Waals surface area contributed by atoms with Crippen LogP contribution in [-0.2, 0) is 10.0 Å². The highest BCUT2D eigenvalue weighted by Crippen LogP contribution is 2.27. The second-order valence-corrected chi connectivity index (χ2v) is 8.52. The molecule has 1 unspecified atom stereocenters. The van der Waals surface area contributed by atoms with Crippen LogP contribution in [0, 0.1) is 5.82 Å². The molecule has 3 N–H and O–H groups in total. The number of halogens is 2. The van der Waals surface area contributed by atoms with Gasteiger partial charge in [0.05, 0.1) is 17.5 Å². The molecule has 0 saturated carbocycles. The third-order valence-electron chi connectivity index (χ3n) is 4.48. The van der Waals surface area contributed by atoms with E-state index in [2.05, 4.69) is 10.0 Å². The first-order chi connectivity index (χ1) is 13.8. The van der Waals surface area contributed by atoms with Gasteiger partial charge in [-0.1, -0.05) is 35.9 Å². The van der Waals surface area contributed by atoms with Crippen LogP contribution in [0.5, 0.6) is 0 Å². The fourth-order valence-electron chi connectivity index (χ4n) is 2.93. The van der Waals surface area contributed by atoms with Crippen molar-refractivity contribution in [1.82, 2.24) is 5.32 Å². The quantitative estimate of drug-likeness (QED) is 0.520. The highest BCUT2D eigenvalue weighted by Gasteiger charge is 2.16. The number of hydrogen-bond donors (Lipinski definition) is 3. The van der Waals surface area contributed by atoms with E-state index in [1.54, 1.807) is 55.6 Å². The van der Waals surface area contributed by atoms with Gasteiger partial charge in [-0.05, 0) is 60.6 Å². The Morgan fingerprint density at radius 3 is 2.41 bits per heavy atom. The van der Waals surface area contributed by atoms with Crippen molar-refractivity contribution in [3.8, 4) is 11.1 Å². The zero-order chi connectivity index (χ0) is 21.0. The maximum atomic E-state index is 14.1. The van der Waals surface area contributed by atoms with Crippen molar-refractivity contribution in [2.24, 2.45) is 0 Å². The Hall–Kier alpha value is -2.45. The minimum absolute atomic E-state index is 0.0494. The monoisotopic (exact) mass is 434 g/mol. The first-order valence-corrected chi connectivity index (χ1v) is 10.7. The first-order valence-electron chi connectivity index (χ1n) is 8.80. The molecule has 0 aliphatic rings. The van der Waals surface area contributed by atoms with Gasteiger partial charge < -0.3 is 10.4 Å². The lowest BCUT2D eigenvalue weighted by atomic mass is 10.1. The molecule has 0 heterocycles. The molecule has 0 aliphatic carbocycles. The number of aliphatic hydroxyl groups is 1. The Bertz CT molecular complexity index is 1100. The molecule has 0 fully saturated rings. The number of rotatable bonds is 7. The second-order valence-electron chi connectivity index (χ2n) is 6.40. The highest BCUT2D eigenvalue weighted by atomic mass is 35.5. The van der Waals surface area contributed by atoms with E-state index >= 15 is 0 Å². The molecule has 0 aromatic heterocycles. The molecule has 152 valence electrons. The number of likely N-dealkylation sites (N-methyl/N-ethyl adjacent to an activating group) is 1. The van der Waals surface area contributed by atoms with E-state index in [1.807, 2.05) is 0 Å². The number of hydrogen-bond acceptors (Lipinski definition) is 4. The molecule has 3 aromatic carbocycles. The Balaban J connectivity index is 1.84. The molecule has 0 saturated heterocycles. The molecule has 1 atom stereocenters. The van der Waals surface area contributed by atoms with Gasteiger partial charge in [0.25, 0.3) is 10.0 Å². The summed E-state index contributed by atoms with van der Waals surface area (Å²) in [5, 5.41) is 12.6. The molecular weight excluding hydrogens is 415 g/mol. The number of benzene rings is 3. The van der Waals surface area contributed by atoms with E-state index in [1.165, 1.54) is 18.2 Å². The van der Waals surface area contributed by atoms with Gasteiger partial charge in [0.15, 0.2) is 0 Å². The van der Waals surface area contributed by atoms with Crippen LogP contribution in [-0.4, -0.2) is 27.2 Å². The molecule has 0 aliphatic heterocycles. The predicted molar refractivity (Wildman–Crippen MR) is 113 cm³/mol. The second kappa shape index (κ2) is 8.92. The number of nitrogens with one attached hydrogen (secondary N) is 2. The predicted octanol–water partition coefficient (Wildman–Crippen LogP) is 4.20. The highest BCUT2D eigenvalue weighted by molar-refractivity contribution is 7.92. The molecule has 0 radical (unpaired) electrons. The molecule has 5 nitrogen and oxygen atoms in total. The molecule has 8 heteroatoms. The summed E-state index contributed by atoms with van der Waals surface area (Å²) in [7, 11) is -2.12. The lowest BCUT2D eigenvalue weighted by Gasteiger charge is -2.15. The van der Waals surface area contributed by atoms with E-state index in [-0.39, 0.29) is 17.5 Å². The summed E-state index contributed by atoms with van der Waals surface area (Å²) < 4.78 is 42.0. The summed E-state index contributed by atoms with van der Waals surface area (Å²) >= 11 is 5.77. The number of aliphatic hydroxyl groups excluding tert-OH is 1. The van der Waals surface area contributed by atoms with Crippen molar-refractivity contribution >= 4 is 27.3 Å². The van der Waals surface area contributed by atoms with Crippen LogP contribution in [0.2, 0.25) is 5.02 Å². The minimum atomic E-state index is -3.83. The van der Waals surface area contributed by atoms with Crippen LogP contribution in [0.3, 0.4) is 0 Å². The third kappa shape index (κ3) is 4.94. The van der Waals surface area contributed by atoms with E-state index < -0.39 is 15.8 Å². The lowest BCUT2D eigenvalue weighted by Crippen LogP contribution is -2.20. The summed E-state index contributed by atoms with van der Waals surface area (Å²) in [6.45, 7) is -0.116. The zero-order valence-electron chi connectivity index (χ0n) is 15.6. The topological polar surface area (TPSA) is 78.4 Å². The van der Waals surface area contributed by atoms with Crippen molar-refractivity contribution in [1.29, 1.82) is 0 Å². The summed E-state index contributed by atoms with van der Waals surface area (Å²) in [6, 6.07) is 16.7. The Morgan fingerprint density at radius 1 is 1.07 bits per heavy atom. The van der Waals surface area contributed by atoms with E-state index in [0.29, 0.717) is 21.8 Å². The summed E-state index contributed by atoms with van der Waals surface area (Å²) in [5.41, 5.74) is 2.01. The van der Waals surface area contributed by atoms with E-state index in [4.69, 9.17) is 11.6 Å². The van der Waals surface area contributed by atoms with Crippen LogP contribution in [0.15, 0.2) is 71.6 Å². The van der Waals surface area contributed by atoms with Crippen molar-refractivity contribution in [2.45, 2.75) is 10.9 Å². The Labute approximate surface area is 174 Å². The molecular formula is C21H20ClFN2O3S. The van der Waals surface area contributed by atoms with Gasteiger partial charge in [-0.25, -0.2) is 12.8 Å². The fourth-order valence-corrected chi connectivity index (χ4v) is 4.14. The van der Waals surface area contributed by atoms with Gasteiger partial charge in [0, 0.05) is 16.3 Å². The SMILES string of the molecule is CNC(CO)c1cccc(NS(=O)(=O)c2ccc(-c3ccc(Cl)cc3F)cc2)c1. The average molecular weight is 435 g/mol. The molecule has 0 bridgehead atoms. The normalized spacial score (nSPS) is 12.6. The Kier molecular flexibility index (Phi) is 6.54. The van der Waals surface area contributed by atoms with Crippen LogP contribution in [0.25, 0.3) is 11.1 Å². The van der Waals surface area contributed by atoms with Gasteiger partial charge in [0.2, 0.25) is 0 Å². The maximum absolute atomic E-state index is 14.1. The third-order valence-corrected chi connectivity index (χ3v) is 6.11. The first kappa shape index (κ1) is 21.3. The zero-order valence-corrected chi connectivity index (χ0v) is 17.1. The van der Waals surface area contributed by atoms with Gasteiger partial charge in [-0.2, -0.15) is 0 Å². The van der Waals surface area contributed by atoms with Gasteiger partial charge in [0.1, 0.15) is 5.82 Å². The lowest BCUT2D eigenvalue weighted by molar-refractivity contribution is 0.251. The molecule has 29 heavy (non-hydrogen) atoms. The van der Waals surface area contributed by atoms with Gasteiger partial charge in [-0.15, -0.1) is 0 Å². The standard InChI is InChI=1S/C21H20ClFN2O3S/c1-24-21(13-26)15-3-2-4-17(11-15)25-29(27,28)18-8-5-14(6-9-18)19-10-7-16(22)12-20(19)23/h2-12,21,24-26H,13H2,1H3. The maximum Gasteiger partial charge on any atom is 0.261 e. The van der Waals surface area contributed by atoms with Crippen LogP contribution < -0.4 is 10.0 Å². The van der Waals surface area contributed by atoms with Crippen molar-refractivity contribution in [3.63, 3.8) is 0 Å². The van der Waals surface area contributed by atoms with E-state index in [0.717, 1.165) is 5.56 Å². The van der Waals surface area contributed by atoms with Crippen LogP contribution in [0.1, 0.15) is 11.6 Å². The summed E-state index contributed by atoms with van der Waals surface area (Å²) in [4.78, 5) is 0.0494. The summed E-state index contributed by atoms with van der Waals surface area (Å²) in [6.07, 6.45) is 0. The van der Waals surface area contributed by atoms with Crippen molar-refractivity contribution < 1.29 is 17.9 Å². The van der Waals surface area contributed by atoms with Gasteiger partial charge >= 0.3 is 0 Å². The van der Waals surface area contributed by atoms with Crippen molar-refractivity contribution in [2.75, 3.05) is 18.4 Å². The smallest absolute Gasteiger partial charge is 0.261 e. The van der Waals surface area contributed by atoms with Crippen LogP contribution in [0.4, 0.5) is 10.1 Å². The average Bonchev–Trinajstić information content (AvgIpc) is 2.69. The van der Waals surface area contributed by atoms with Crippen LogP contribution >= 0.6 is 11.6 Å². The minimum Gasteiger partial charge on any atom is -0.394 e. The molecule has 3 aromatic rings. The molecule has 0 amide bonds. The fraction of sp³-hybridized carbons (Fsp3) is 0.143. The van der Waals surface area contributed by atoms with Gasteiger partial charge in [-0.3, -0.25) is 4.72 Å². The summed E-state index contributed by atoms with van der Waals surface area (Å²) in [5.74, 6) is -0.481. The number of sulfonamides is 1. The largest absolute Gasteiger partial charge is 0.394 e. The Morgan fingerprint density at radius 2 is 1.79 bits per heavy atom. The van der Waals surface area contributed by atoms with E-state index in [9.17, 15) is 17.9 Å². The molecule has 0 spiro atoms. The number of anilines is 1. The molecule has 3 rings (SSSR count). The van der Waals surface area contributed by atoms with Crippen molar-refractivity contribution in [3.05, 3.63) is 83.1 Å².